The fourth-order valence-electron chi connectivity index (χ4n) is 2.44. The van der Waals surface area contributed by atoms with E-state index in [4.69, 9.17) is 0 Å². The van der Waals surface area contributed by atoms with Crippen LogP contribution in [0.1, 0.15) is 19.8 Å². The number of halogens is 1. The Morgan fingerprint density at radius 2 is 1.89 bits per heavy atom. The van der Waals surface area contributed by atoms with Crippen LogP contribution in [0.4, 0.5) is 0 Å². The van der Waals surface area contributed by atoms with E-state index in [1.807, 2.05) is 11.8 Å². The maximum atomic E-state index is 12.1. The first-order valence-electron chi connectivity index (χ1n) is 6.83. The smallest absolute Gasteiger partial charge is 0.242 e. The van der Waals surface area contributed by atoms with Gasteiger partial charge in [0.2, 0.25) is 11.8 Å². The third-order valence-electron chi connectivity index (χ3n) is 3.94. The molecule has 0 aromatic rings. The van der Waals surface area contributed by atoms with Gasteiger partial charge in [-0.1, -0.05) is 6.92 Å². The highest BCUT2D eigenvalue weighted by Crippen LogP contribution is 2.37. The third kappa shape index (κ3) is 4.35. The highest BCUT2D eigenvalue weighted by atomic mass is 35.5. The molecular weight excluding hydrogens is 266 g/mol. The minimum atomic E-state index is 0. The van der Waals surface area contributed by atoms with Crippen molar-refractivity contribution in [3.8, 4) is 0 Å². The molecule has 2 amide bonds. The van der Waals surface area contributed by atoms with E-state index in [2.05, 4.69) is 5.32 Å². The monoisotopic (exact) mass is 289 g/mol. The van der Waals surface area contributed by atoms with Crippen LogP contribution in [0.15, 0.2) is 0 Å². The molecule has 1 aliphatic carbocycles. The van der Waals surface area contributed by atoms with Gasteiger partial charge in [0.15, 0.2) is 0 Å². The van der Waals surface area contributed by atoms with E-state index in [9.17, 15) is 9.59 Å². The van der Waals surface area contributed by atoms with Crippen LogP contribution in [-0.2, 0) is 9.59 Å². The molecule has 1 unspecified atom stereocenters. The number of hydrogen-bond acceptors (Lipinski definition) is 3. The minimum absolute atomic E-state index is 0. The van der Waals surface area contributed by atoms with Gasteiger partial charge in [0, 0.05) is 39.1 Å². The lowest BCUT2D eigenvalue weighted by molar-refractivity contribution is -0.142. The molecular formula is C13H24ClN3O2. The van der Waals surface area contributed by atoms with E-state index < -0.39 is 0 Å². The van der Waals surface area contributed by atoms with Gasteiger partial charge < -0.3 is 15.1 Å². The average molecular weight is 290 g/mol. The minimum Gasteiger partial charge on any atom is -0.339 e. The standard InChI is InChI=1S/C13H23N3O2.ClH/c1-10(11-3-4-11)13(18)15(2)9-12(17)16-7-5-14-6-8-16;/h10-11,14H,3-9H2,1-2H3;1H. The first-order chi connectivity index (χ1) is 8.59. The Hall–Kier alpha value is -0.810. The van der Waals surface area contributed by atoms with E-state index in [0.29, 0.717) is 5.92 Å². The van der Waals surface area contributed by atoms with Crippen molar-refractivity contribution in [1.29, 1.82) is 0 Å². The zero-order chi connectivity index (χ0) is 13.1. The van der Waals surface area contributed by atoms with E-state index >= 15 is 0 Å². The van der Waals surface area contributed by atoms with Gasteiger partial charge in [-0.15, -0.1) is 12.4 Å². The topological polar surface area (TPSA) is 52.7 Å². The van der Waals surface area contributed by atoms with Crippen molar-refractivity contribution < 1.29 is 9.59 Å². The van der Waals surface area contributed by atoms with Gasteiger partial charge in [0.25, 0.3) is 0 Å². The summed E-state index contributed by atoms with van der Waals surface area (Å²) in [6.45, 7) is 5.39. The number of likely N-dealkylation sites (N-methyl/N-ethyl adjacent to an activating group) is 1. The number of hydrogen-bond donors (Lipinski definition) is 1. The van der Waals surface area contributed by atoms with Crippen LogP contribution in [0.25, 0.3) is 0 Å². The molecule has 2 fully saturated rings. The van der Waals surface area contributed by atoms with Crippen molar-refractivity contribution in [2.24, 2.45) is 11.8 Å². The Morgan fingerprint density at radius 3 is 2.42 bits per heavy atom. The summed E-state index contributed by atoms with van der Waals surface area (Å²) in [6.07, 6.45) is 2.32. The molecule has 0 aromatic heterocycles. The van der Waals surface area contributed by atoms with Gasteiger partial charge in [-0.2, -0.15) is 0 Å². The highest BCUT2D eigenvalue weighted by Gasteiger charge is 2.34. The molecule has 6 heteroatoms. The largest absolute Gasteiger partial charge is 0.339 e. The number of nitrogens with zero attached hydrogens (tertiary/aromatic N) is 2. The predicted molar refractivity (Wildman–Crippen MR) is 76.2 cm³/mol. The molecule has 1 atom stereocenters. The Labute approximate surface area is 121 Å². The Balaban J connectivity index is 0.00000180. The number of piperazine rings is 1. The van der Waals surface area contributed by atoms with Crippen molar-refractivity contribution in [2.75, 3.05) is 39.8 Å². The van der Waals surface area contributed by atoms with Crippen LogP contribution in [0.5, 0.6) is 0 Å². The Kier molecular flexibility index (Phi) is 6.07. The molecule has 0 spiro atoms. The molecule has 19 heavy (non-hydrogen) atoms. The first-order valence-corrected chi connectivity index (χ1v) is 6.83. The maximum absolute atomic E-state index is 12.1. The lowest BCUT2D eigenvalue weighted by Gasteiger charge is -2.30. The Bertz CT molecular complexity index is 328. The molecule has 1 aliphatic heterocycles. The number of carbonyl (C=O) groups is 2. The van der Waals surface area contributed by atoms with E-state index in [-0.39, 0.29) is 36.7 Å². The van der Waals surface area contributed by atoms with Gasteiger partial charge in [0.1, 0.15) is 0 Å². The fraction of sp³-hybridized carbons (Fsp3) is 0.846. The summed E-state index contributed by atoms with van der Waals surface area (Å²) in [6, 6.07) is 0. The summed E-state index contributed by atoms with van der Waals surface area (Å²) >= 11 is 0. The molecule has 2 rings (SSSR count). The maximum Gasteiger partial charge on any atom is 0.242 e. The molecule has 1 heterocycles. The van der Waals surface area contributed by atoms with Gasteiger partial charge in [-0.3, -0.25) is 9.59 Å². The summed E-state index contributed by atoms with van der Waals surface area (Å²) in [4.78, 5) is 27.5. The SMILES string of the molecule is CC(C(=O)N(C)CC(=O)N1CCNCC1)C1CC1.Cl. The average Bonchev–Trinajstić information content (AvgIpc) is 3.22. The van der Waals surface area contributed by atoms with Gasteiger partial charge >= 0.3 is 0 Å². The lowest BCUT2D eigenvalue weighted by Crippen LogP contribution is -2.50. The van der Waals surface area contributed by atoms with Gasteiger partial charge in [-0.25, -0.2) is 0 Å². The number of carbonyl (C=O) groups excluding carboxylic acids is 2. The second-order valence-corrected chi connectivity index (χ2v) is 5.45. The summed E-state index contributed by atoms with van der Waals surface area (Å²) in [5.74, 6) is 0.802. The van der Waals surface area contributed by atoms with Crippen molar-refractivity contribution in [3.05, 3.63) is 0 Å². The van der Waals surface area contributed by atoms with Crippen LogP contribution in [0.2, 0.25) is 0 Å². The van der Waals surface area contributed by atoms with Crippen molar-refractivity contribution in [2.45, 2.75) is 19.8 Å². The van der Waals surface area contributed by atoms with Gasteiger partial charge in [0.05, 0.1) is 6.54 Å². The normalized spacial score (nSPS) is 20.4. The molecule has 1 saturated heterocycles. The highest BCUT2D eigenvalue weighted by molar-refractivity contribution is 5.86. The van der Waals surface area contributed by atoms with Gasteiger partial charge in [-0.05, 0) is 18.8 Å². The van der Waals surface area contributed by atoms with Crippen LogP contribution < -0.4 is 5.32 Å². The molecule has 1 N–H and O–H groups in total. The Morgan fingerprint density at radius 1 is 1.32 bits per heavy atom. The van der Waals surface area contributed by atoms with Crippen molar-refractivity contribution >= 4 is 24.2 Å². The van der Waals surface area contributed by atoms with Crippen molar-refractivity contribution in [1.82, 2.24) is 15.1 Å². The van der Waals surface area contributed by atoms with Crippen molar-refractivity contribution in [3.63, 3.8) is 0 Å². The molecule has 0 aromatic carbocycles. The van der Waals surface area contributed by atoms with E-state index in [1.165, 1.54) is 0 Å². The third-order valence-corrected chi connectivity index (χ3v) is 3.94. The second kappa shape index (κ2) is 7.10. The zero-order valence-electron chi connectivity index (χ0n) is 11.7. The fourth-order valence-corrected chi connectivity index (χ4v) is 2.44. The van der Waals surface area contributed by atoms with Crippen LogP contribution in [-0.4, -0.2) is 61.4 Å². The second-order valence-electron chi connectivity index (χ2n) is 5.45. The summed E-state index contributed by atoms with van der Waals surface area (Å²) < 4.78 is 0. The number of amides is 2. The number of nitrogens with one attached hydrogen (secondary N) is 1. The van der Waals surface area contributed by atoms with Crippen LogP contribution in [0, 0.1) is 11.8 Å². The van der Waals surface area contributed by atoms with E-state index in [1.54, 1.807) is 11.9 Å². The summed E-state index contributed by atoms with van der Waals surface area (Å²) in [5, 5.41) is 3.21. The molecule has 5 nitrogen and oxygen atoms in total. The summed E-state index contributed by atoms with van der Waals surface area (Å²) in [5.41, 5.74) is 0. The molecule has 110 valence electrons. The summed E-state index contributed by atoms with van der Waals surface area (Å²) in [7, 11) is 1.74. The predicted octanol–water partition coefficient (Wildman–Crippen LogP) is 0.345. The van der Waals surface area contributed by atoms with E-state index in [0.717, 1.165) is 39.0 Å². The lowest BCUT2D eigenvalue weighted by atomic mass is 10.1. The molecule has 2 aliphatic rings. The molecule has 1 saturated carbocycles. The number of rotatable bonds is 4. The first kappa shape index (κ1) is 16.2. The zero-order valence-corrected chi connectivity index (χ0v) is 12.5. The quantitative estimate of drug-likeness (QED) is 0.812. The molecule has 0 radical (unpaired) electrons. The van der Waals surface area contributed by atoms with Crippen LogP contribution in [0.3, 0.4) is 0 Å². The van der Waals surface area contributed by atoms with Crippen LogP contribution >= 0.6 is 12.4 Å². The molecule has 0 bridgehead atoms.